The molecule has 0 aliphatic heterocycles. The summed E-state index contributed by atoms with van der Waals surface area (Å²) in [7, 11) is -3.97. The summed E-state index contributed by atoms with van der Waals surface area (Å²) in [5.74, 6) is -0.354. The van der Waals surface area contributed by atoms with Crippen LogP contribution in [0.25, 0.3) is 0 Å². The lowest BCUT2D eigenvalue weighted by Crippen LogP contribution is -2.05. The van der Waals surface area contributed by atoms with Crippen molar-refractivity contribution in [3.05, 3.63) is 42.5 Å². The fourth-order valence-electron chi connectivity index (χ4n) is 1.40. The Bertz CT molecular complexity index is 627. The molecule has 0 fully saturated rings. The lowest BCUT2D eigenvalue weighted by Gasteiger charge is -2.03. The number of aryl methyl sites for hydroxylation is 1. The monoisotopic (exact) mass is 295 g/mol. The number of nitrogens with zero attached hydrogens (tertiary/aromatic N) is 1. The van der Waals surface area contributed by atoms with Gasteiger partial charge in [0, 0.05) is 6.42 Å². The van der Waals surface area contributed by atoms with Gasteiger partial charge < -0.3 is 4.74 Å². The molecule has 106 valence electrons. The number of ether oxygens (including phenoxy) is 1. The third-order valence-electron chi connectivity index (χ3n) is 2.36. The van der Waals surface area contributed by atoms with Crippen LogP contribution in [0.4, 0.5) is 0 Å². The van der Waals surface area contributed by atoms with Gasteiger partial charge >= 0.3 is 5.97 Å². The normalized spacial score (nSPS) is 10.4. The first kappa shape index (κ1) is 15.8. The summed E-state index contributed by atoms with van der Waals surface area (Å²) in [6.45, 7) is 3.59. The van der Waals surface area contributed by atoms with Gasteiger partial charge in [0.05, 0.1) is 4.90 Å². The molecular weight excluding hydrogens is 282 g/mol. The summed E-state index contributed by atoms with van der Waals surface area (Å²) >= 11 is 0. The second-order valence-electron chi connectivity index (χ2n) is 3.77. The zero-order valence-electron chi connectivity index (χ0n) is 10.6. The van der Waals surface area contributed by atoms with E-state index < -0.39 is 10.0 Å². The van der Waals surface area contributed by atoms with Gasteiger partial charge in [0.2, 0.25) is 0 Å². The molecule has 0 N–H and O–H groups in total. The molecule has 0 saturated carbocycles. The van der Waals surface area contributed by atoms with E-state index in [1.165, 1.54) is 18.2 Å². The number of carbonyl (C=O) groups is 1. The standard InChI is InChI=1S/C13H13NO5S/c1-2-9-19-13(16)8-5-11-3-6-12(7-4-11)20(17,18)14-10-15/h2-4,6-7H,1,5,8-9H2. The van der Waals surface area contributed by atoms with Crippen molar-refractivity contribution < 1.29 is 22.7 Å². The first-order valence-electron chi connectivity index (χ1n) is 5.69. The maximum absolute atomic E-state index is 11.4. The molecule has 20 heavy (non-hydrogen) atoms. The first-order valence-corrected chi connectivity index (χ1v) is 7.13. The van der Waals surface area contributed by atoms with Crippen LogP contribution < -0.4 is 0 Å². The number of hydrogen-bond donors (Lipinski definition) is 0. The van der Waals surface area contributed by atoms with Crippen molar-refractivity contribution >= 4 is 22.1 Å². The van der Waals surface area contributed by atoms with Gasteiger partial charge in [0.1, 0.15) is 6.61 Å². The predicted molar refractivity (Wildman–Crippen MR) is 71.2 cm³/mol. The quantitative estimate of drug-likeness (QED) is 0.328. The molecule has 0 spiro atoms. The van der Waals surface area contributed by atoms with Gasteiger partial charge in [-0.3, -0.25) is 4.79 Å². The van der Waals surface area contributed by atoms with E-state index in [1.54, 1.807) is 12.1 Å². The molecule has 1 aromatic rings. The Morgan fingerprint density at radius 2 is 2.00 bits per heavy atom. The molecule has 0 aliphatic rings. The molecule has 0 atom stereocenters. The zero-order valence-corrected chi connectivity index (χ0v) is 11.4. The van der Waals surface area contributed by atoms with Crippen LogP contribution in [0, 0.1) is 0 Å². The lowest BCUT2D eigenvalue weighted by molar-refractivity contribution is -0.142. The van der Waals surface area contributed by atoms with Crippen LogP contribution in [0.2, 0.25) is 0 Å². The Kier molecular flexibility index (Phi) is 5.83. The zero-order chi connectivity index (χ0) is 15.0. The number of sulfonamides is 1. The van der Waals surface area contributed by atoms with Crippen molar-refractivity contribution in [1.82, 2.24) is 0 Å². The highest BCUT2D eigenvalue weighted by Crippen LogP contribution is 2.14. The Morgan fingerprint density at radius 1 is 1.35 bits per heavy atom. The van der Waals surface area contributed by atoms with E-state index in [0.29, 0.717) is 6.42 Å². The second-order valence-corrected chi connectivity index (χ2v) is 5.38. The lowest BCUT2D eigenvalue weighted by atomic mass is 10.1. The van der Waals surface area contributed by atoms with Crippen LogP contribution in [-0.2, 0) is 30.8 Å². The minimum atomic E-state index is -3.97. The maximum atomic E-state index is 11.4. The smallest absolute Gasteiger partial charge is 0.306 e. The minimum Gasteiger partial charge on any atom is -0.461 e. The third kappa shape index (κ3) is 4.79. The Hall–Kier alpha value is -2.24. The maximum Gasteiger partial charge on any atom is 0.306 e. The van der Waals surface area contributed by atoms with Gasteiger partial charge in [-0.2, -0.15) is 8.42 Å². The molecule has 0 unspecified atom stereocenters. The summed E-state index contributed by atoms with van der Waals surface area (Å²) in [6.07, 6.45) is 3.09. The summed E-state index contributed by atoms with van der Waals surface area (Å²) < 4.78 is 30.4. The fraction of sp³-hybridized carbons (Fsp3) is 0.231. The highest BCUT2D eigenvalue weighted by Gasteiger charge is 2.12. The molecule has 0 bridgehead atoms. The molecule has 0 heterocycles. The van der Waals surface area contributed by atoms with Crippen LogP contribution in [0.5, 0.6) is 0 Å². The average Bonchev–Trinajstić information content (AvgIpc) is 2.43. The van der Waals surface area contributed by atoms with E-state index in [0.717, 1.165) is 11.6 Å². The van der Waals surface area contributed by atoms with Crippen LogP contribution in [-0.4, -0.2) is 27.1 Å². The molecule has 1 aromatic carbocycles. The van der Waals surface area contributed by atoms with Gasteiger partial charge in [0.25, 0.3) is 16.1 Å². The number of hydrogen-bond acceptors (Lipinski definition) is 5. The molecule has 0 saturated heterocycles. The van der Waals surface area contributed by atoms with Crippen LogP contribution >= 0.6 is 0 Å². The van der Waals surface area contributed by atoms with Crippen molar-refractivity contribution in [2.75, 3.05) is 6.61 Å². The summed E-state index contributed by atoms with van der Waals surface area (Å²) in [4.78, 5) is 21.2. The number of carbonyl (C=O) groups excluding carboxylic acids is 2. The highest BCUT2D eigenvalue weighted by molar-refractivity contribution is 7.90. The largest absolute Gasteiger partial charge is 0.461 e. The van der Waals surface area contributed by atoms with Crippen molar-refractivity contribution in [2.24, 2.45) is 4.40 Å². The molecule has 0 radical (unpaired) electrons. The summed E-state index contributed by atoms with van der Waals surface area (Å²) in [6, 6.07) is 5.74. The van der Waals surface area contributed by atoms with Crippen LogP contribution in [0.15, 0.2) is 46.2 Å². The molecule has 6 nitrogen and oxygen atoms in total. The van der Waals surface area contributed by atoms with Gasteiger partial charge in [-0.05, 0) is 24.1 Å². The van der Waals surface area contributed by atoms with Gasteiger partial charge in [-0.25, -0.2) is 4.79 Å². The SMILES string of the molecule is C=CCOC(=O)CCc1ccc(S(=O)(=O)N=C=O)cc1. The Labute approximate surface area is 116 Å². The summed E-state index contributed by atoms with van der Waals surface area (Å²) in [5, 5.41) is 0. The Morgan fingerprint density at radius 3 is 2.55 bits per heavy atom. The van der Waals surface area contributed by atoms with Crippen LogP contribution in [0.1, 0.15) is 12.0 Å². The molecule has 1 rings (SSSR count). The van der Waals surface area contributed by atoms with Crippen molar-refractivity contribution in [3.63, 3.8) is 0 Å². The molecule has 0 aromatic heterocycles. The van der Waals surface area contributed by atoms with Crippen LogP contribution in [0.3, 0.4) is 0 Å². The number of isocyanates is 1. The van der Waals surface area contributed by atoms with Crippen molar-refractivity contribution in [1.29, 1.82) is 0 Å². The highest BCUT2D eigenvalue weighted by atomic mass is 32.2. The molecular formula is C13H13NO5S. The van der Waals surface area contributed by atoms with E-state index >= 15 is 0 Å². The van der Waals surface area contributed by atoms with E-state index in [-0.39, 0.29) is 23.9 Å². The van der Waals surface area contributed by atoms with Gasteiger partial charge in [-0.1, -0.05) is 29.2 Å². The van der Waals surface area contributed by atoms with E-state index in [4.69, 9.17) is 4.74 Å². The van der Waals surface area contributed by atoms with Gasteiger partial charge in [0.15, 0.2) is 0 Å². The van der Waals surface area contributed by atoms with Gasteiger partial charge in [-0.15, -0.1) is 0 Å². The minimum absolute atomic E-state index is 0.0983. The van der Waals surface area contributed by atoms with E-state index in [1.807, 2.05) is 0 Å². The van der Waals surface area contributed by atoms with Crippen molar-refractivity contribution in [3.8, 4) is 0 Å². The summed E-state index contributed by atoms with van der Waals surface area (Å²) in [5.41, 5.74) is 0.773. The Balaban J connectivity index is 2.66. The molecule has 0 aliphatic carbocycles. The van der Waals surface area contributed by atoms with Crippen molar-refractivity contribution in [2.45, 2.75) is 17.7 Å². The average molecular weight is 295 g/mol. The third-order valence-corrected chi connectivity index (χ3v) is 3.54. The number of esters is 1. The molecule has 7 heteroatoms. The number of benzene rings is 1. The first-order chi connectivity index (χ1) is 9.49. The van der Waals surface area contributed by atoms with E-state index in [9.17, 15) is 18.0 Å². The number of rotatable bonds is 7. The predicted octanol–water partition coefficient (Wildman–Crippen LogP) is 1.37. The second kappa shape index (κ2) is 7.37. The van der Waals surface area contributed by atoms with E-state index in [2.05, 4.69) is 11.0 Å². The fourth-order valence-corrected chi connectivity index (χ4v) is 2.08. The topological polar surface area (TPSA) is 89.9 Å². The molecule has 0 amide bonds.